The van der Waals surface area contributed by atoms with Gasteiger partial charge in [0.05, 0.1) is 11.4 Å². The Labute approximate surface area is 135 Å². The predicted octanol–water partition coefficient (Wildman–Crippen LogP) is 1.33. The summed E-state index contributed by atoms with van der Waals surface area (Å²) in [4.78, 5) is 36.7. The van der Waals surface area contributed by atoms with E-state index in [1.54, 1.807) is 32.2 Å². The summed E-state index contributed by atoms with van der Waals surface area (Å²) in [5.74, 6) is -0.671. The van der Waals surface area contributed by atoms with Crippen molar-refractivity contribution in [3.05, 3.63) is 32.7 Å². The number of carbonyl (C=O) groups is 2. The third-order valence-corrected chi connectivity index (χ3v) is 4.57. The Morgan fingerprint density at radius 2 is 2.13 bits per heavy atom. The summed E-state index contributed by atoms with van der Waals surface area (Å²) >= 11 is 1.00. The molecule has 0 atom stereocenters. The van der Waals surface area contributed by atoms with Crippen molar-refractivity contribution in [3.8, 4) is 17.0 Å². The number of aryl methyl sites for hydroxylation is 1. The number of amides is 1. The predicted molar refractivity (Wildman–Crippen MR) is 85.3 cm³/mol. The number of likely N-dealkylation sites (N-methyl/N-ethyl adjacent to an activating group) is 1. The van der Waals surface area contributed by atoms with Crippen molar-refractivity contribution in [2.75, 3.05) is 18.6 Å². The zero-order chi connectivity index (χ0) is 16.7. The Morgan fingerprint density at radius 3 is 2.83 bits per heavy atom. The van der Waals surface area contributed by atoms with Crippen LogP contribution < -0.4 is 14.5 Å². The topological polar surface area (TPSA) is 88.8 Å². The van der Waals surface area contributed by atoms with Crippen LogP contribution in [0, 0.1) is 6.92 Å². The molecule has 2 aromatic rings. The summed E-state index contributed by atoms with van der Waals surface area (Å²) in [5, 5.41) is 9.01. The van der Waals surface area contributed by atoms with Crippen molar-refractivity contribution < 1.29 is 19.4 Å². The monoisotopic (exact) mass is 334 g/mol. The maximum Gasteiger partial charge on any atom is 0.323 e. The van der Waals surface area contributed by atoms with Gasteiger partial charge in [0.1, 0.15) is 12.3 Å². The molecule has 0 bridgehead atoms. The molecule has 0 radical (unpaired) electrons. The molecule has 1 aliphatic heterocycles. The van der Waals surface area contributed by atoms with Crippen LogP contribution in [0.15, 0.2) is 23.0 Å². The van der Waals surface area contributed by atoms with E-state index in [1.165, 1.54) is 9.47 Å². The highest BCUT2D eigenvalue weighted by atomic mass is 32.1. The minimum absolute atomic E-state index is 0.00987. The highest BCUT2D eigenvalue weighted by Crippen LogP contribution is 2.36. The van der Waals surface area contributed by atoms with Gasteiger partial charge in [0, 0.05) is 17.5 Å². The Kier molecular flexibility index (Phi) is 3.69. The van der Waals surface area contributed by atoms with Gasteiger partial charge in [-0.3, -0.25) is 19.0 Å². The molecular weight excluding hydrogens is 320 g/mol. The standard InChI is InChI=1S/C15H14N2O5S/c1-8-14(17(6-13(19)20)15(21)23-8)9-3-4-11-10(5-9)16(2)12(18)7-22-11/h3-5H,6-7H2,1-2H3,(H,19,20). The first-order valence-electron chi connectivity index (χ1n) is 6.84. The largest absolute Gasteiger partial charge is 0.482 e. The molecule has 0 fully saturated rings. The molecule has 8 heteroatoms. The normalized spacial score (nSPS) is 13.7. The number of carboxylic acid groups (broad SMARTS) is 1. The van der Waals surface area contributed by atoms with Gasteiger partial charge in [-0.15, -0.1) is 0 Å². The average molecular weight is 334 g/mol. The number of nitrogens with zero attached hydrogens (tertiary/aromatic N) is 2. The lowest BCUT2D eigenvalue weighted by Crippen LogP contribution is -2.35. The van der Waals surface area contributed by atoms with Crippen molar-refractivity contribution >= 4 is 28.9 Å². The van der Waals surface area contributed by atoms with E-state index in [-0.39, 0.29) is 17.4 Å². The first-order valence-corrected chi connectivity index (χ1v) is 7.66. The molecule has 1 aliphatic rings. The van der Waals surface area contributed by atoms with Gasteiger partial charge < -0.3 is 14.7 Å². The number of carboxylic acids is 1. The second-order valence-electron chi connectivity index (χ2n) is 5.18. The SMILES string of the molecule is Cc1sc(=O)n(CC(=O)O)c1-c1ccc2c(c1)N(C)C(=O)CO2. The fourth-order valence-corrected chi connectivity index (χ4v) is 3.43. The smallest absolute Gasteiger partial charge is 0.323 e. The van der Waals surface area contributed by atoms with E-state index < -0.39 is 12.5 Å². The van der Waals surface area contributed by atoms with Crippen LogP contribution in [-0.4, -0.2) is 35.2 Å². The summed E-state index contributed by atoms with van der Waals surface area (Å²) in [5.41, 5.74) is 1.82. The number of aromatic nitrogens is 1. The van der Waals surface area contributed by atoms with E-state index in [4.69, 9.17) is 9.84 Å². The average Bonchev–Trinajstić information content (AvgIpc) is 2.76. The Bertz CT molecular complexity index is 867. The van der Waals surface area contributed by atoms with Gasteiger partial charge in [-0.25, -0.2) is 0 Å². The van der Waals surface area contributed by atoms with Gasteiger partial charge in [0.25, 0.3) is 5.91 Å². The van der Waals surface area contributed by atoms with Crippen LogP contribution in [0.5, 0.6) is 5.75 Å². The molecule has 23 heavy (non-hydrogen) atoms. The number of thiazole rings is 1. The molecule has 0 unspecified atom stereocenters. The van der Waals surface area contributed by atoms with Gasteiger partial charge in [-0.05, 0) is 25.1 Å². The minimum Gasteiger partial charge on any atom is -0.482 e. The molecule has 1 aromatic heterocycles. The van der Waals surface area contributed by atoms with Crippen LogP contribution in [0.25, 0.3) is 11.3 Å². The second-order valence-corrected chi connectivity index (χ2v) is 6.34. The van der Waals surface area contributed by atoms with Crippen molar-refractivity contribution in [2.45, 2.75) is 13.5 Å². The summed E-state index contributed by atoms with van der Waals surface area (Å²) in [7, 11) is 1.65. The molecule has 7 nitrogen and oxygen atoms in total. The Hall–Kier alpha value is -2.61. The summed E-state index contributed by atoms with van der Waals surface area (Å²) in [6, 6.07) is 5.22. The number of hydrogen-bond acceptors (Lipinski definition) is 5. The number of anilines is 1. The molecule has 0 saturated heterocycles. The third-order valence-electron chi connectivity index (χ3n) is 3.68. The molecule has 2 heterocycles. The first kappa shape index (κ1) is 15.3. The first-order chi connectivity index (χ1) is 10.9. The number of ether oxygens (including phenoxy) is 1. The van der Waals surface area contributed by atoms with E-state index in [0.29, 0.717) is 22.7 Å². The molecule has 120 valence electrons. The zero-order valence-corrected chi connectivity index (χ0v) is 13.3. The fourth-order valence-electron chi connectivity index (χ4n) is 2.57. The highest BCUT2D eigenvalue weighted by molar-refractivity contribution is 7.09. The van der Waals surface area contributed by atoms with E-state index in [9.17, 15) is 14.4 Å². The van der Waals surface area contributed by atoms with Gasteiger partial charge >= 0.3 is 10.8 Å². The maximum atomic E-state index is 12.0. The third kappa shape index (κ3) is 2.61. The number of aliphatic carboxylic acids is 1. The number of benzene rings is 1. The minimum atomic E-state index is -1.08. The Morgan fingerprint density at radius 1 is 1.39 bits per heavy atom. The van der Waals surface area contributed by atoms with Crippen molar-refractivity contribution in [2.24, 2.45) is 0 Å². The van der Waals surface area contributed by atoms with E-state index in [0.717, 1.165) is 16.2 Å². The lowest BCUT2D eigenvalue weighted by Gasteiger charge is -2.26. The van der Waals surface area contributed by atoms with Crippen LogP contribution >= 0.6 is 11.3 Å². The van der Waals surface area contributed by atoms with E-state index in [1.807, 2.05) is 0 Å². The van der Waals surface area contributed by atoms with Crippen LogP contribution in [0.3, 0.4) is 0 Å². The number of rotatable bonds is 3. The molecule has 0 spiro atoms. The highest BCUT2D eigenvalue weighted by Gasteiger charge is 2.24. The molecule has 0 saturated carbocycles. The number of hydrogen-bond donors (Lipinski definition) is 1. The lowest BCUT2D eigenvalue weighted by molar-refractivity contribution is -0.137. The number of carbonyl (C=O) groups excluding carboxylic acids is 1. The van der Waals surface area contributed by atoms with E-state index in [2.05, 4.69) is 0 Å². The van der Waals surface area contributed by atoms with Crippen molar-refractivity contribution in [1.82, 2.24) is 4.57 Å². The van der Waals surface area contributed by atoms with Crippen LogP contribution in [0.2, 0.25) is 0 Å². The van der Waals surface area contributed by atoms with Crippen LogP contribution in [-0.2, 0) is 16.1 Å². The summed E-state index contributed by atoms with van der Waals surface area (Å²) in [6.07, 6.45) is 0. The second kappa shape index (κ2) is 5.54. The molecule has 1 N–H and O–H groups in total. The molecule has 1 amide bonds. The van der Waals surface area contributed by atoms with Gasteiger partial charge in [-0.1, -0.05) is 11.3 Å². The molecule has 3 rings (SSSR count). The van der Waals surface area contributed by atoms with Gasteiger partial charge in [-0.2, -0.15) is 0 Å². The number of fused-ring (bicyclic) bond motifs is 1. The van der Waals surface area contributed by atoms with E-state index >= 15 is 0 Å². The van der Waals surface area contributed by atoms with Crippen LogP contribution in [0.1, 0.15) is 4.88 Å². The Balaban J connectivity index is 2.15. The van der Waals surface area contributed by atoms with Crippen molar-refractivity contribution in [1.29, 1.82) is 0 Å². The lowest BCUT2D eigenvalue weighted by atomic mass is 10.1. The fraction of sp³-hybridized carbons (Fsp3) is 0.267. The van der Waals surface area contributed by atoms with Gasteiger partial charge in [0.2, 0.25) is 0 Å². The zero-order valence-electron chi connectivity index (χ0n) is 12.5. The van der Waals surface area contributed by atoms with Gasteiger partial charge in [0.15, 0.2) is 6.61 Å². The molecular formula is C15H14N2O5S. The molecule has 0 aliphatic carbocycles. The summed E-state index contributed by atoms with van der Waals surface area (Å²) < 4.78 is 6.61. The molecule has 1 aromatic carbocycles. The summed E-state index contributed by atoms with van der Waals surface area (Å²) in [6.45, 7) is 1.36. The van der Waals surface area contributed by atoms with Crippen molar-refractivity contribution in [3.63, 3.8) is 0 Å². The maximum absolute atomic E-state index is 12.0. The quantitative estimate of drug-likeness (QED) is 0.914. The van der Waals surface area contributed by atoms with Crippen LogP contribution in [0.4, 0.5) is 5.69 Å².